The lowest BCUT2D eigenvalue weighted by Gasteiger charge is -2.12. The second kappa shape index (κ2) is 10.4. The smallest absolute Gasteiger partial charge is 0.262 e. The fourth-order valence-electron chi connectivity index (χ4n) is 2.82. The van der Waals surface area contributed by atoms with Crippen LogP contribution in [0, 0.1) is 0 Å². The molecule has 0 saturated heterocycles. The van der Waals surface area contributed by atoms with Crippen molar-refractivity contribution in [3.63, 3.8) is 0 Å². The predicted octanol–water partition coefficient (Wildman–Crippen LogP) is 3.15. The second-order valence-corrected chi connectivity index (χ2v) is 7.76. The van der Waals surface area contributed by atoms with E-state index in [0.29, 0.717) is 40.8 Å². The second-order valence-electron chi connectivity index (χ2n) is 6.38. The number of halogens is 1. The van der Waals surface area contributed by atoms with Crippen molar-refractivity contribution in [2.45, 2.75) is 18.1 Å². The topological polar surface area (TPSA) is 73.2 Å². The van der Waals surface area contributed by atoms with Crippen LogP contribution < -0.4 is 10.9 Å². The van der Waals surface area contributed by atoms with Gasteiger partial charge in [0.15, 0.2) is 5.16 Å². The number of benzene rings is 2. The molecule has 3 rings (SSSR count). The van der Waals surface area contributed by atoms with Gasteiger partial charge in [0.25, 0.3) is 5.56 Å². The van der Waals surface area contributed by atoms with Gasteiger partial charge in [-0.15, -0.1) is 0 Å². The maximum atomic E-state index is 12.8. The van der Waals surface area contributed by atoms with E-state index >= 15 is 0 Å². The molecule has 1 N–H and O–H groups in total. The number of aromatic nitrogens is 2. The van der Waals surface area contributed by atoms with Crippen molar-refractivity contribution >= 4 is 40.2 Å². The zero-order chi connectivity index (χ0) is 20.6. The average Bonchev–Trinajstić information content (AvgIpc) is 2.73. The highest BCUT2D eigenvalue weighted by molar-refractivity contribution is 7.99. The van der Waals surface area contributed by atoms with Crippen molar-refractivity contribution < 1.29 is 9.53 Å². The molecule has 0 aliphatic rings. The summed E-state index contributed by atoms with van der Waals surface area (Å²) in [6, 6.07) is 14.8. The van der Waals surface area contributed by atoms with Gasteiger partial charge in [0.2, 0.25) is 5.91 Å². The number of rotatable bonds is 9. The van der Waals surface area contributed by atoms with Crippen LogP contribution in [-0.4, -0.2) is 41.5 Å². The van der Waals surface area contributed by atoms with Gasteiger partial charge in [0.05, 0.1) is 29.8 Å². The number of methoxy groups -OCH3 is 1. The third kappa shape index (κ3) is 5.82. The van der Waals surface area contributed by atoms with E-state index in [1.807, 2.05) is 36.4 Å². The highest BCUT2D eigenvalue weighted by atomic mass is 35.5. The molecule has 0 saturated carbocycles. The van der Waals surface area contributed by atoms with Crippen LogP contribution in [0.5, 0.6) is 0 Å². The Kier molecular flexibility index (Phi) is 7.69. The lowest BCUT2D eigenvalue weighted by Crippen LogP contribution is -2.29. The maximum absolute atomic E-state index is 12.8. The van der Waals surface area contributed by atoms with Gasteiger partial charge in [-0.2, -0.15) is 0 Å². The maximum Gasteiger partial charge on any atom is 0.262 e. The van der Waals surface area contributed by atoms with E-state index in [2.05, 4.69) is 10.3 Å². The van der Waals surface area contributed by atoms with Gasteiger partial charge in [-0.05, 0) is 36.2 Å². The summed E-state index contributed by atoms with van der Waals surface area (Å²) in [6.07, 6.45) is 0.723. The van der Waals surface area contributed by atoms with Gasteiger partial charge in [0, 0.05) is 18.7 Å². The standard InChI is InChI=1S/C21H22ClN3O3S/c1-28-13-12-25-20(27)17-4-2-3-5-18(17)24-21(25)29-14-19(26)23-11-10-15-6-8-16(22)9-7-15/h2-9H,10-14H2,1H3,(H,23,26). The van der Waals surface area contributed by atoms with Gasteiger partial charge >= 0.3 is 0 Å². The number of nitrogens with zero attached hydrogens (tertiary/aromatic N) is 2. The Morgan fingerprint density at radius 3 is 2.72 bits per heavy atom. The van der Waals surface area contributed by atoms with Gasteiger partial charge in [-0.25, -0.2) is 4.98 Å². The molecule has 1 aromatic heterocycles. The molecule has 0 unspecified atom stereocenters. The molecule has 1 amide bonds. The summed E-state index contributed by atoms with van der Waals surface area (Å²) in [5.74, 6) is 0.0722. The quantitative estimate of drug-likeness (QED) is 0.416. The number of carbonyl (C=O) groups is 1. The summed E-state index contributed by atoms with van der Waals surface area (Å²) in [6.45, 7) is 1.30. The first kappa shape index (κ1) is 21.4. The fourth-order valence-corrected chi connectivity index (χ4v) is 3.80. The van der Waals surface area contributed by atoms with E-state index in [4.69, 9.17) is 16.3 Å². The number of ether oxygens (including phenoxy) is 1. The number of thioether (sulfide) groups is 1. The monoisotopic (exact) mass is 431 g/mol. The third-order valence-electron chi connectivity index (χ3n) is 4.33. The molecule has 1 heterocycles. The number of nitrogens with one attached hydrogen (secondary N) is 1. The van der Waals surface area contributed by atoms with Crippen LogP contribution in [-0.2, 0) is 22.5 Å². The van der Waals surface area contributed by atoms with Crippen LogP contribution >= 0.6 is 23.4 Å². The van der Waals surface area contributed by atoms with Crippen molar-refractivity contribution in [1.82, 2.24) is 14.9 Å². The van der Waals surface area contributed by atoms with Crippen molar-refractivity contribution in [3.05, 3.63) is 69.5 Å². The van der Waals surface area contributed by atoms with E-state index < -0.39 is 0 Å². The van der Waals surface area contributed by atoms with Crippen LogP contribution in [0.1, 0.15) is 5.56 Å². The Morgan fingerprint density at radius 1 is 1.21 bits per heavy atom. The molecular weight excluding hydrogens is 410 g/mol. The van der Waals surface area contributed by atoms with Crippen LogP contribution in [0.15, 0.2) is 58.5 Å². The SMILES string of the molecule is COCCn1c(SCC(=O)NCCc2ccc(Cl)cc2)nc2ccccc2c1=O. The van der Waals surface area contributed by atoms with E-state index in [9.17, 15) is 9.59 Å². The summed E-state index contributed by atoms with van der Waals surface area (Å²) >= 11 is 7.13. The van der Waals surface area contributed by atoms with Gasteiger partial charge in [-0.1, -0.05) is 47.6 Å². The molecule has 6 nitrogen and oxygen atoms in total. The average molecular weight is 432 g/mol. The molecule has 0 spiro atoms. The van der Waals surface area contributed by atoms with Gasteiger partial charge in [-0.3, -0.25) is 14.2 Å². The lowest BCUT2D eigenvalue weighted by molar-refractivity contribution is -0.118. The Hall–Kier alpha value is -2.35. The molecule has 0 aliphatic heterocycles. The Balaban J connectivity index is 1.63. The molecule has 152 valence electrons. The minimum absolute atomic E-state index is 0.107. The number of hydrogen-bond acceptors (Lipinski definition) is 5. The van der Waals surface area contributed by atoms with Crippen molar-refractivity contribution in [2.75, 3.05) is 26.0 Å². The van der Waals surface area contributed by atoms with E-state index in [1.165, 1.54) is 11.8 Å². The highest BCUT2D eigenvalue weighted by Crippen LogP contribution is 2.17. The van der Waals surface area contributed by atoms with Crippen LogP contribution in [0.25, 0.3) is 10.9 Å². The molecule has 3 aromatic rings. The van der Waals surface area contributed by atoms with E-state index in [1.54, 1.807) is 23.8 Å². The Labute approximate surface area is 178 Å². The van der Waals surface area contributed by atoms with Gasteiger partial charge < -0.3 is 10.1 Å². The number of carbonyl (C=O) groups excluding carboxylic acids is 1. The molecule has 0 fully saturated rings. The number of para-hydroxylation sites is 1. The zero-order valence-corrected chi connectivity index (χ0v) is 17.6. The lowest BCUT2D eigenvalue weighted by atomic mass is 10.1. The van der Waals surface area contributed by atoms with Gasteiger partial charge in [0.1, 0.15) is 0 Å². The minimum atomic E-state index is -0.127. The Bertz CT molecular complexity index is 1040. The third-order valence-corrected chi connectivity index (χ3v) is 5.56. The summed E-state index contributed by atoms with van der Waals surface area (Å²) in [5.41, 5.74) is 1.60. The summed E-state index contributed by atoms with van der Waals surface area (Å²) in [4.78, 5) is 29.6. The number of hydrogen-bond donors (Lipinski definition) is 1. The molecule has 0 radical (unpaired) electrons. The first-order valence-corrected chi connectivity index (χ1v) is 10.6. The van der Waals surface area contributed by atoms with Crippen molar-refractivity contribution in [3.8, 4) is 0 Å². The number of fused-ring (bicyclic) bond motifs is 1. The summed E-state index contributed by atoms with van der Waals surface area (Å²) in [5, 5.41) is 4.66. The molecule has 2 aromatic carbocycles. The van der Waals surface area contributed by atoms with E-state index in [0.717, 1.165) is 12.0 Å². The normalized spacial score (nSPS) is 11.0. The first-order chi connectivity index (χ1) is 14.1. The highest BCUT2D eigenvalue weighted by Gasteiger charge is 2.13. The Morgan fingerprint density at radius 2 is 1.97 bits per heavy atom. The molecule has 0 bridgehead atoms. The zero-order valence-electron chi connectivity index (χ0n) is 16.1. The first-order valence-electron chi connectivity index (χ1n) is 9.21. The van der Waals surface area contributed by atoms with Crippen LogP contribution in [0.3, 0.4) is 0 Å². The predicted molar refractivity (Wildman–Crippen MR) is 117 cm³/mol. The molecular formula is C21H22ClN3O3S. The van der Waals surface area contributed by atoms with Crippen LogP contribution in [0.2, 0.25) is 5.02 Å². The largest absolute Gasteiger partial charge is 0.383 e. The number of amides is 1. The molecule has 8 heteroatoms. The molecule has 29 heavy (non-hydrogen) atoms. The summed E-state index contributed by atoms with van der Waals surface area (Å²) < 4.78 is 6.68. The van der Waals surface area contributed by atoms with Crippen LogP contribution in [0.4, 0.5) is 0 Å². The minimum Gasteiger partial charge on any atom is -0.383 e. The van der Waals surface area contributed by atoms with Crippen molar-refractivity contribution in [1.29, 1.82) is 0 Å². The van der Waals surface area contributed by atoms with E-state index in [-0.39, 0.29) is 17.2 Å². The summed E-state index contributed by atoms with van der Waals surface area (Å²) in [7, 11) is 1.58. The fraction of sp³-hybridized carbons (Fsp3) is 0.286. The molecule has 0 aliphatic carbocycles. The molecule has 0 atom stereocenters. The van der Waals surface area contributed by atoms with Crippen molar-refractivity contribution in [2.24, 2.45) is 0 Å².